The summed E-state index contributed by atoms with van der Waals surface area (Å²) in [6.45, 7) is 2.01. The fraction of sp³-hybridized carbons (Fsp3) is 0.143. The second-order valence-corrected chi connectivity index (χ2v) is 4.92. The molecule has 0 spiro atoms. The Kier molecular flexibility index (Phi) is 3.69. The van der Waals surface area contributed by atoms with Gasteiger partial charge in [0.2, 0.25) is 0 Å². The van der Waals surface area contributed by atoms with E-state index < -0.39 is 0 Å². The molecular formula is C14H14FNS. The zero-order chi connectivity index (χ0) is 12.3. The highest BCUT2D eigenvalue weighted by molar-refractivity contribution is 7.98. The van der Waals surface area contributed by atoms with E-state index in [4.69, 9.17) is 5.73 Å². The van der Waals surface area contributed by atoms with Crippen molar-refractivity contribution in [3.8, 4) is 0 Å². The van der Waals surface area contributed by atoms with Crippen LogP contribution in [0.2, 0.25) is 0 Å². The topological polar surface area (TPSA) is 26.0 Å². The molecule has 2 N–H and O–H groups in total. The van der Waals surface area contributed by atoms with Crippen molar-refractivity contribution in [2.75, 3.05) is 5.73 Å². The molecule has 0 saturated carbocycles. The second-order valence-electron chi connectivity index (χ2n) is 3.91. The van der Waals surface area contributed by atoms with Crippen LogP contribution >= 0.6 is 11.8 Å². The Balaban J connectivity index is 2.10. The number of thioether (sulfide) groups is 1. The van der Waals surface area contributed by atoms with Gasteiger partial charge in [-0.15, -0.1) is 11.8 Å². The van der Waals surface area contributed by atoms with Crippen molar-refractivity contribution in [2.24, 2.45) is 0 Å². The molecule has 0 saturated heterocycles. The first-order chi connectivity index (χ1) is 8.16. The van der Waals surface area contributed by atoms with Crippen LogP contribution in [0.4, 0.5) is 10.1 Å². The van der Waals surface area contributed by atoms with E-state index in [-0.39, 0.29) is 5.82 Å². The van der Waals surface area contributed by atoms with Crippen LogP contribution in [-0.2, 0) is 5.75 Å². The van der Waals surface area contributed by atoms with Crippen molar-refractivity contribution in [3.63, 3.8) is 0 Å². The van der Waals surface area contributed by atoms with Gasteiger partial charge in [-0.05, 0) is 42.3 Å². The average Bonchev–Trinajstić information content (AvgIpc) is 2.30. The fourth-order valence-electron chi connectivity index (χ4n) is 1.61. The van der Waals surface area contributed by atoms with Gasteiger partial charge < -0.3 is 5.73 Å². The molecule has 0 unspecified atom stereocenters. The third kappa shape index (κ3) is 3.01. The maximum Gasteiger partial charge on any atom is 0.127 e. The van der Waals surface area contributed by atoms with Crippen molar-refractivity contribution in [1.82, 2.24) is 0 Å². The van der Waals surface area contributed by atoms with Crippen LogP contribution in [0.15, 0.2) is 47.4 Å². The molecule has 0 aliphatic heterocycles. The number of hydrogen-bond donors (Lipinski definition) is 1. The third-order valence-corrected chi connectivity index (χ3v) is 3.76. The largest absolute Gasteiger partial charge is 0.399 e. The predicted octanol–water partition coefficient (Wildman–Crippen LogP) is 4.01. The summed E-state index contributed by atoms with van der Waals surface area (Å²) in [5.41, 5.74) is 8.31. The zero-order valence-corrected chi connectivity index (χ0v) is 10.4. The molecule has 0 aliphatic rings. The van der Waals surface area contributed by atoms with Gasteiger partial charge in [0.1, 0.15) is 5.82 Å². The smallest absolute Gasteiger partial charge is 0.127 e. The summed E-state index contributed by atoms with van der Waals surface area (Å²) in [5, 5.41) is 0. The minimum absolute atomic E-state index is 0.145. The van der Waals surface area contributed by atoms with Crippen molar-refractivity contribution in [2.45, 2.75) is 17.6 Å². The van der Waals surface area contributed by atoms with Crippen LogP contribution < -0.4 is 5.73 Å². The quantitative estimate of drug-likeness (QED) is 0.655. The van der Waals surface area contributed by atoms with Crippen LogP contribution in [0.1, 0.15) is 11.1 Å². The van der Waals surface area contributed by atoms with E-state index in [1.54, 1.807) is 17.8 Å². The van der Waals surface area contributed by atoms with E-state index in [1.807, 2.05) is 37.3 Å². The van der Waals surface area contributed by atoms with Gasteiger partial charge in [0.25, 0.3) is 0 Å². The van der Waals surface area contributed by atoms with Crippen molar-refractivity contribution in [3.05, 3.63) is 59.4 Å². The lowest BCUT2D eigenvalue weighted by molar-refractivity contribution is 0.617. The van der Waals surface area contributed by atoms with Gasteiger partial charge in [-0.25, -0.2) is 4.39 Å². The number of halogens is 1. The molecular weight excluding hydrogens is 233 g/mol. The second kappa shape index (κ2) is 5.23. The molecule has 2 rings (SSSR count). The fourth-order valence-corrected chi connectivity index (χ4v) is 2.60. The zero-order valence-electron chi connectivity index (χ0n) is 9.61. The summed E-state index contributed by atoms with van der Waals surface area (Å²) in [4.78, 5) is 1.14. The number of anilines is 1. The maximum absolute atomic E-state index is 13.4. The third-order valence-electron chi connectivity index (χ3n) is 2.54. The lowest BCUT2D eigenvalue weighted by Crippen LogP contribution is -1.89. The molecule has 0 radical (unpaired) electrons. The molecule has 0 amide bonds. The highest BCUT2D eigenvalue weighted by atomic mass is 32.2. The molecule has 0 fully saturated rings. The van der Waals surface area contributed by atoms with Crippen LogP contribution in [-0.4, -0.2) is 0 Å². The van der Waals surface area contributed by atoms with Crippen molar-refractivity contribution >= 4 is 17.4 Å². The maximum atomic E-state index is 13.4. The SMILES string of the molecule is Cc1cc(N)ccc1SCc1ccccc1F. The summed E-state index contributed by atoms with van der Waals surface area (Å²) in [7, 11) is 0. The lowest BCUT2D eigenvalue weighted by Gasteiger charge is -2.07. The summed E-state index contributed by atoms with van der Waals surface area (Å²) in [6, 6.07) is 12.7. The molecule has 88 valence electrons. The summed E-state index contributed by atoms with van der Waals surface area (Å²) < 4.78 is 13.4. The Hall–Kier alpha value is -1.48. The Morgan fingerprint density at radius 2 is 1.94 bits per heavy atom. The van der Waals surface area contributed by atoms with E-state index in [0.29, 0.717) is 5.75 Å². The minimum Gasteiger partial charge on any atom is -0.399 e. The van der Waals surface area contributed by atoms with Gasteiger partial charge in [0.05, 0.1) is 0 Å². The van der Waals surface area contributed by atoms with E-state index >= 15 is 0 Å². The molecule has 17 heavy (non-hydrogen) atoms. The molecule has 0 aliphatic carbocycles. The molecule has 3 heteroatoms. The first kappa shape index (κ1) is 12.0. The van der Waals surface area contributed by atoms with Gasteiger partial charge >= 0.3 is 0 Å². The van der Waals surface area contributed by atoms with Gasteiger partial charge in [0, 0.05) is 16.3 Å². The van der Waals surface area contributed by atoms with Crippen LogP contribution in [0, 0.1) is 12.7 Å². The van der Waals surface area contributed by atoms with Gasteiger partial charge in [0.15, 0.2) is 0 Å². The highest BCUT2D eigenvalue weighted by Gasteiger charge is 2.03. The van der Waals surface area contributed by atoms with Crippen molar-refractivity contribution < 1.29 is 4.39 Å². The normalized spacial score (nSPS) is 10.5. The number of rotatable bonds is 3. The molecule has 2 aromatic carbocycles. The average molecular weight is 247 g/mol. The number of nitrogen functional groups attached to an aromatic ring is 1. The number of aryl methyl sites for hydroxylation is 1. The van der Waals surface area contributed by atoms with Gasteiger partial charge in [-0.3, -0.25) is 0 Å². The highest BCUT2D eigenvalue weighted by Crippen LogP contribution is 2.27. The first-order valence-electron chi connectivity index (χ1n) is 5.39. The standard InChI is InChI=1S/C14H14FNS/c1-10-8-12(16)6-7-14(10)17-9-11-4-2-3-5-13(11)15/h2-8H,9,16H2,1H3. The molecule has 2 aromatic rings. The van der Waals surface area contributed by atoms with E-state index in [2.05, 4.69) is 0 Å². The molecule has 0 aromatic heterocycles. The van der Waals surface area contributed by atoms with Crippen LogP contribution in [0.25, 0.3) is 0 Å². The summed E-state index contributed by atoms with van der Waals surface area (Å²) >= 11 is 1.63. The number of nitrogens with two attached hydrogens (primary N) is 1. The van der Waals surface area contributed by atoms with Crippen LogP contribution in [0.5, 0.6) is 0 Å². The number of hydrogen-bond acceptors (Lipinski definition) is 2. The van der Waals surface area contributed by atoms with Crippen LogP contribution in [0.3, 0.4) is 0 Å². The predicted molar refractivity (Wildman–Crippen MR) is 71.6 cm³/mol. The monoisotopic (exact) mass is 247 g/mol. The van der Waals surface area contributed by atoms with E-state index in [1.165, 1.54) is 6.07 Å². The lowest BCUT2D eigenvalue weighted by atomic mass is 10.2. The Labute approximate surface area is 105 Å². The molecule has 0 atom stereocenters. The Morgan fingerprint density at radius 1 is 1.18 bits per heavy atom. The molecule has 1 nitrogen and oxygen atoms in total. The number of benzene rings is 2. The van der Waals surface area contributed by atoms with E-state index in [9.17, 15) is 4.39 Å². The summed E-state index contributed by atoms with van der Waals surface area (Å²) in [6.07, 6.45) is 0. The van der Waals surface area contributed by atoms with Crippen molar-refractivity contribution in [1.29, 1.82) is 0 Å². The first-order valence-corrected chi connectivity index (χ1v) is 6.37. The summed E-state index contributed by atoms with van der Waals surface area (Å²) in [5.74, 6) is 0.491. The Bertz CT molecular complexity index is 525. The van der Waals surface area contributed by atoms with Gasteiger partial charge in [-0.1, -0.05) is 18.2 Å². The molecule has 0 bridgehead atoms. The molecule has 0 heterocycles. The van der Waals surface area contributed by atoms with E-state index in [0.717, 1.165) is 21.7 Å². The van der Waals surface area contributed by atoms with Gasteiger partial charge in [-0.2, -0.15) is 0 Å². The Morgan fingerprint density at radius 3 is 2.65 bits per heavy atom. The minimum atomic E-state index is -0.145.